The van der Waals surface area contributed by atoms with E-state index in [9.17, 15) is 4.39 Å². The molecular weight excluding hydrogens is 269 g/mol. The molecule has 1 nitrogen and oxygen atoms in total. The van der Waals surface area contributed by atoms with E-state index in [2.05, 4.69) is 29.1 Å². The summed E-state index contributed by atoms with van der Waals surface area (Å²) in [6.07, 6.45) is 0.979. The van der Waals surface area contributed by atoms with Gasteiger partial charge in [-0.2, -0.15) is 11.3 Å². The fourth-order valence-corrected chi connectivity index (χ4v) is 2.77. The third-order valence-corrected chi connectivity index (χ3v) is 3.65. The molecule has 18 heavy (non-hydrogen) atoms. The van der Waals surface area contributed by atoms with Crippen LogP contribution in [0.25, 0.3) is 0 Å². The lowest BCUT2D eigenvalue weighted by Gasteiger charge is -2.13. The highest BCUT2D eigenvalue weighted by Gasteiger charge is 2.05. The third-order valence-electron chi connectivity index (χ3n) is 2.70. The first-order valence-electron chi connectivity index (χ1n) is 5.83. The molecule has 0 spiro atoms. The Morgan fingerprint density at radius 1 is 1.33 bits per heavy atom. The Hall–Kier alpha value is -0.900. The minimum absolute atomic E-state index is 0.287. The van der Waals surface area contributed by atoms with E-state index in [-0.39, 0.29) is 5.82 Å². The minimum atomic E-state index is -0.287. The van der Waals surface area contributed by atoms with Crippen molar-refractivity contribution < 1.29 is 4.39 Å². The Labute approximate surface area is 116 Å². The quantitative estimate of drug-likeness (QED) is 0.864. The van der Waals surface area contributed by atoms with Crippen LogP contribution in [0.2, 0.25) is 5.02 Å². The van der Waals surface area contributed by atoms with Crippen LogP contribution >= 0.6 is 22.9 Å². The van der Waals surface area contributed by atoms with Gasteiger partial charge in [0, 0.05) is 17.6 Å². The molecule has 0 aliphatic heterocycles. The van der Waals surface area contributed by atoms with Crippen LogP contribution in [-0.2, 0) is 13.0 Å². The molecule has 1 N–H and O–H groups in total. The van der Waals surface area contributed by atoms with Crippen molar-refractivity contribution in [2.75, 3.05) is 0 Å². The van der Waals surface area contributed by atoms with Crippen molar-refractivity contribution in [2.45, 2.75) is 25.9 Å². The Kier molecular flexibility index (Phi) is 4.75. The monoisotopic (exact) mass is 283 g/mol. The molecule has 2 aromatic rings. The molecular formula is C14H15ClFNS. The lowest BCUT2D eigenvalue weighted by molar-refractivity contribution is 0.543. The molecule has 0 saturated heterocycles. The summed E-state index contributed by atoms with van der Waals surface area (Å²) in [5, 5.41) is 8.04. The van der Waals surface area contributed by atoms with E-state index >= 15 is 0 Å². The number of halogens is 2. The van der Waals surface area contributed by atoms with Gasteiger partial charge in [0.25, 0.3) is 0 Å². The molecule has 0 aliphatic carbocycles. The average Bonchev–Trinajstić information content (AvgIpc) is 2.78. The SMILES string of the molecule is CC(Cc1ccsc1)NCc1cc(F)cc(Cl)c1. The zero-order valence-electron chi connectivity index (χ0n) is 10.1. The number of hydrogen-bond donors (Lipinski definition) is 1. The Balaban J connectivity index is 1.87. The molecule has 0 amide bonds. The van der Waals surface area contributed by atoms with Gasteiger partial charge in [0.15, 0.2) is 0 Å². The van der Waals surface area contributed by atoms with Crippen LogP contribution in [0.5, 0.6) is 0 Å². The van der Waals surface area contributed by atoms with Gasteiger partial charge in [-0.05, 0) is 59.5 Å². The maximum absolute atomic E-state index is 13.1. The molecule has 1 aromatic heterocycles. The van der Waals surface area contributed by atoms with Crippen molar-refractivity contribution in [2.24, 2.45) is 0 Å². The molecule has 1 heterocycles. The molecule has 0 bridgehead atoms. The van der Waals surface area contributed by atoms with Crippen LogP contribution in [0, 0.1) is 5.82 Å². The first-order chi connectivity index (χ1) is 8.63. The van der Waals surface area contributed by atoms with Crippen LogP contribution in [0.3, 0.4) is 0 Å². The van der Waals surface area contributed by atoms with Gasteiger partial charge >= 0.3 is 0 Å². The Bertz CT molecular complexity index is 478. The summed E-state index contributed by atoms with van der Waals surface area (Å²) in [6.45, 7) is 2.75. The molecule has 1 unspecified atom stereocenters. The zero-order chi connectivity index (χ0) is 13.0. The molecule has 2 rings (SSSR count). The highest BCUT2D eigenvalue weighted by Crippen LogP contribution is 2.14. The smallest absolute Gasteiger partial charge is 0.125 e. The lowest BCUT2D eigenvalue weighted by atomic mass is 10.1. The molecule has 96 valence electrons. The second-order valence-corrected chi connectivity index (χ2v) is 5.61. The molecule has 0 aliphatic rings. The van der Waals surface area contributed by atoms with Gasteiger partial charge in [-0.25, -0.2) is 4.39 Å². The molecule has 1 aromatic carbocycles. The molecule has 0 saturated carbocycles. The summed E-state index contributed by atoms with van der Waals surface area (Å²) >= 11 is 7.52. The average molecular weight is 284 g/mol. The van der Waals surface area contributed by atoms with E-state index in [1.807, 2.05) is 0 Å². The fraction of sp³-hybridized carbons (Fsp3) is 0.286. The minimum Gasteiger partial charge on any atom is -0.310 e. The Morgan fingerprint density at radius 2 is 2.17 bits per heavy atom. The van der Waals surface area contributed by atoms with Crippen molar-refractivity contribution in [1.29, 1.82) is 0 Å². The van der Waals surface area contributed by atoms with Crippen LogP contribution < -0.4 is 5.32 Å². The van der Waals surface area contributed by atoms with Crippen molar-refractivity contribution in [3.05, 3.63) is 57.0 Å². The van der Waals surface area contributed by atoms with E-state index in [4.69, 9.17) is 11.6 Å². The summed E-state index contributed by atoms with van der Waals surface area (Å²) in [5.41, 5.74) is 2.20. The van der Waals surface area contributed by atoms with Gasteiger partial charge in [-0.15, -0.1) is 0 Å². The topological polar surface area (TPSA) is 12.0 Å². The predicted molar refractivity (Wildman–Crippen MR) is 75.7 cm³/mol. The largest absolute Gasteiger partial charge is 0.310 e. The summed E-state index contributed by atoms with van der Waals surface area (Å²) in [7, 11) is 0. The normalized spacial score (nSPS) is 12.6. The number of thiophene rings is 1. The maximum Gasteiger partial charge on any atom is 0.125 e. The van der Waals surface area contributed by atoms with Crippen molar-refractivity contribution in [1.82, 2.24) is 5.32 Å². The van der Waals surface area contributed by atoms with Crippen LogP contribution in [0.15, 0.2) is 35.0 Å². The van der Waals surface area contributed by atoms with Gasteiger partial charge < -0.3 is 5.32 Å². The van der Waals surface area contributed by atoms with Crippen molar-refractivity contribution in [3.63, 3.8) is 0 Å². The molecule has 0 radical (unpaired) electrons. The maximum atomic E-state index is 13.1. The van der Waals surface area contributed by atoms with E-state index in [1.165, 1.54) is 17.7 Å². The van der Waals surface area contributed by atoms with Crippen molar-refractivity contribution >= 4 is 22.9 Å². The third kappa shape index (κ3) is 4.09. The van der Waals surface area contributed by atoms with Gasteiger partial charge in [0.05, 0.1) is 0 Å². The first kappa shape index (κ1) is 13.5. The lowest BCUT2D eigenvalue weighted by Crippen LogP contribution is -2.27. The van der Waals surface area contributed by atoms with Crippen LogP contribution in [-0.4, -0.2) is 6.04 Å². The van der Waals surface area contributed by atoms with Crippen molar-refractivity contribution in [3.8, 4) is 0 Å². The summed E-state index contributed by atoms with van der Waals surface area (Å²) in [6, 6.07) is 7.09. The van der Waals surface area contributed by atoms with Gasteiger partial charge in [-0.3, -0.25) is 0 Å². The number of nitrogens with one attached hydrogen (secondary N) is 1. The molecule has 1 atom stereocenters. The highest BCUT2D eigenvalue weighted by atomic mass is 35.5. The van der Waals surface area contributed by atoms with Crippen LogP contribution in [0.1, 0.15) is 18.1 Å². The Morgan fingerprint density at radius 3 is 2.83 bits per heavy atom. The van der Waals surface area contributed by atoms with Gasteiger partial charge in [0.1, 0.15) is 5.82 Å². The second kappa shape index (κ2) is 6.32. The fourth-order valence-electron chi connectivity index (χ4n) is 1.84. The second-order valence-electron chi connectivity index (χ2n) is 4.40. The van der Waals surface area contributed by atoms with E-state index < -0.39 is 0 Å². The van der Waals surface area contributed by atoms with Gasteiger partial charge in [0.2, 0.25) is 0 Å². The first-order valence-corrected chi connectivity index (χ1v) is 7.15. The molecule has 0 fully saturated rings. The number of rotatable bonds is 5. The summed E-state index contributed by atoms with van der Waals surface area (Å²) in [5.74, 6) is -0.287. The standard InChI is InChI=1S/C14H15ClFNS/c1-10(4-11-2-3-18-9-11)17-8-12-5-13(15)7-14(16)6-12/h2-3,5-7,9-10,17H,4,8H2,1H3. The predicted octanol–water partition coefficient (Wildman–Crippen LogP) is 4.26. The number of benzene rings is 1. The van der Waals surface area contributed by atoms with E-state index in [0.29, 0.717) is 17.6 Å². The summed E-state index contributed by atoms with van der Waals surface area (Å²) < 4.78 is 13.1. The van der Waals surface area contributed by atoms with E-state index in [0.717, 1.165) is 12.0 Å². The molecule has 4 heteroatoms. The summed E-state index contributed by atoms with van der Waals surface area (Å²) in [4.78, 5) is 0. The number of hydrogen-bond acceptors (Lipinski definition) is 2. The van der Waals surface area contributed by atoms with Crippen LogP contribution in [0.4, 0.5) is 4.39 Å². The van der Waals surface area contributed by atoms with E-state index in [1.54, 1.807) is 17.4 Å². The zero-order valence-corrected chi connectivity index (χ0v) is 11.7. The highest BCUT2D eigenvalue weighted by molar-refractivity contribution is 7.07. The van der Waals surface area contributed by atoms with Gasteiger partial charge in [-0.1, -0.05) is 11.6 Å².